The van der Waals surface area contributed by atoms with Gasteiger partial charge in [0.15, 0.2) is 24.8 Å². The Morgan fingerprint density at radius 2 is 1.60 bits per heavy atom. The number of hydrogen-bond acceptors (Lipinski definition) is 4. The Kier molecular flexibility index (Phi) is 6.11. The summed E-state index contributed by atoms with van der Waals surface area (Å²) in [6.45, 7) is -1.34. The van der Waals surface area contributed by atoms with E-state index in [9.17, 15) is 14.0 Å². The number of hydrogen-bond donors (Lipinski definition) is 2. The minimum atomic E-state index is -1.25. The smallest absolute Gasteiger partial charge is 0.341 e. The summed E-state index contributed by atoms with van der Waals surface area (Å²) in [6.07, 6.45) is 3.21. The Morgan fingerprint density at radius 1 is 0.960 bits per heavy atom. The van der Waals surface area contributed by atoms with E-state index in [0.29, 0.717) is 0 Å². The van der Waals surface area contributed by atoms with Gasteiger partial charge in [0.25, 0.3) is 0 Å². The second kappa shape index (κ2) is 8.49. The van der Waals surface area contributed by atoms with Crippen LogP contribution in [0, 0.1) is 5.82 Å². The van der Waals surface area contributed by atoms with Crippen LogP contribution in [0.25, 0.3) is 12.2 Å². The normalized spacial score (nSPS) is 10.6. The Morgan fingerprint density at radius 3 is 2.24 bits per heavy atom. The number of ether oxygens (including phenoxy) is 2. The second-order valence-corrected chi connectivity index (χ2v) is 4.93. The number of carboxylic acids is 2. The van der Waals surface area contributed by atoms with E-state index < -0.39 is 31.0 Å². The van der Waals surface area contributed by atoms with Gasteiger partial charge in [-0.2, -0.15) is 0 Å². The minimum absolute atomic E-state index is 0.00436. The fourth-order valence-electron chi connectivity index (χ4n) is 1.98. The van der Waals surface area contributed by atoms with E-state index in [4.69, 9.17) is 19.7 Å². The Balaban J connectivity index is 2.34. The van der Waals surface area contributed by atoms with Crippen molar-refractivity contribution >= 4 is 24.1 Å². The van der Waals surface area contributed by atoms with Gasteiger partial charge in [0.1, 0.15) is 5.75 Å². The van der Waals surface area contributed by atoms with Gasteiger partial charge in [0, 0.05) is 11.6 Å². The molecule has 0 aliphatic heterocycles. The van der Waals surface area contributed by atoms with Crippen LogP contribution in [0.5, 0.6) is 11.5 Å². The summed E-state index contributed by atoms with van der Waals surface area (Å²) in [5.74, 6) is -3.55. The molecule has 0 aliphatic carbocycles. The number of carboxylic acid groups (broad SMARTS) is 2. The highest BCUT2D eigenvalue weighted by molar-refractivity contribution is 5.74. The zero-order valence-corrected chi connectivity index (χ0v) is 13.0. The molecule has 0 spiro atoms. The van der Waals surface area contributed by atoms with Gasteiger partial charge < -0.3 is 19.7 Å². The first-order chi connectivity index (χ1) is 12.0. The molecule has 0 saturated heterocycles. The average molecular weight is 346 g/mol. The molecule has 2 N–H and O–H groups in total. The lowest BCUT2D eigenvalue weighted by Crippen LogP contribution is -2.12. The lowest BCUT2D eigenvalue weighted by Gasteiger charge is -2.11. The maximum absolute atomic E-state index is 14.2. The molecule has 7 heteroatoms. The van der Waals surface area contributed by atoms with E-state index >= 15 is 0 Å². The van der Waals surface area contributed by atoms with Crippen molar-refractivity contribution in [2.75, 3.05) is 13.2 Å². The van der Waals surface area contributed by atoms with Crippen LogP contribution in [0.4, 0.5) is 4.39 Å². The zero-order chi connectivity index (χ0) is 18.2. The van der Waals surface area contributed by atoms with Gasteiger partial charge in [-0.15, -0.1) is 0 Å². The predicted octanol–water partition coefficient (Wildman–Crippen LogP) is 2.92. The molecule has 0 saturated carbocycles. The predicted molar refractivity (Wildman–Crippen MR) is 88.0 cm³/mol. The fraction of sp³-hybridized carbons (Fsp3) is 0.111. The van der Waals surface area contributed by atoms with Crippen LogP contribution < -0.4 is 9.47 Å². The summed E-state index contributed by atoms with van der Waals surface area (Å²) in [4.78, 5) is 21.2. The van der Waals surface area contributed by atoms with Crippen molar-refractivity contribution in [2.45, 2.75) is 0 Å². The van der Waals surface area contributed by atoms with Crippen LogP contribution in [0.2, 0.25) is 0 Å². The highest BCUT2D eigenvalue weighted by Gasteiger charge is 2.14. The van der Waals surface area contributed by atoms with Crippen molar-refractivity contribution < 1.29 is 33.7 Å². The third-order valence-electron chi connectivity index (χ3n) is 3.00. The summed E-state index contributed by atoms with van der Waals surface area (Å²) in [5, 5.41) is 17.4. The maximum atomic E-state index is 14.2. The summed E-state index contributed by atoms with van der Waals surface area (Å²) < 4.78 is 24.2. The van der Waals surface area contributed by atoms with E-state index in [1.54, 1.807) is 6.08 Å². The quantitative estimate of drug-likeness (QED) is 0.714. The number of aliphatic carboxylic acids is 2. The average Bonchev–Trinajstić information content (AvgIpc) is 2.57. The summed E-state index contributed by atoms with van der Waals surface area (Å²) in [5.41, 5.74) is 1.06. The Bertz CT molecular complexity index is 786. The third kappa shape index (κ3) is 5.65. The fourth-order valence-corrected chi connectivity index (χ4v) is 1.98. The van der Waals surface area contributed by atoms with Crippen molar-refractivity contribution in [1.82, 2.24) is 0 Å². The van der Waals surface area contributed by atoms with E-state index in [2.05, 4.69) is 0 Å². The molecule has 0 unspecified atom stereocenters. The lowest BCUT2D eigenvalue weighted by molar-refractivity contribution is -0.140. The van der Waals surface area contributed by atoms with E-state index in [1.807, 2.05) is 30.3 Å². The number of rotatable bonds is 8. The molecule has 0 heterocycles. The molecule has 2 aromatic rings. The first-order valence-corrected chi connectivity index (χ1v) is 7.21. The van der Waals surface area contributed by atoms with Crippen LogP contribution in [0.1, 0.15) is 11.1 Å². The van der Waals surface area contributed by atoms with Crippen LogP contribution in [0.15, 0.2) is 42.5 Å². The Labute approximate surface area is 142 Å². The highest BCUT2D eigenvalue weighted by atomic mass is 19.1. The molecule has 0 aromatic heterocycles. The van der Waals surface area contributed by atoms with E-state index in [0.717, 1.165) is 11.6 Å². The van der Waals surface area contributed by atoms with E-state index in [-0.39, 0.29) is 17.1 Å². The molecule has 0 amide bonds. The highest BCUT2D eigenvalue weighted by Crippen LogP contribution is 2.30. The SMILES string of the molecule is O=C(O)COc1cc(F)c(OCC(=O)O)c(/C=C/c2ccccc2)c1. The maximum Gasteiger partial charge on any atom is 0.341 e. The minimum Gasteiger partial charge on any atom is -0.482 e. The summed E-state index contributed by atoms with van der Waals surface area (Å²) in [7, 11) is 0. The van der Waals surface area contributed by atoms with Crippen molar-refractivity contribution in [3.05, 3.63) is 59.4 Å². The van der Waals surface area contributed by atoms with Crippen molar-refractivity contribution in [3.8, 4) is 11.5 Å². The molecule has 0 aliphatic rings. The molecule has 6 nitrogen and oxygen atoms in total. The van der Waals surface area contributed by atoms with Gasteiger partial charge in [-0.05, 0) is 11.6 Å². The monoisotopic (exact) mass is 346 g/mol. The number of benzene rings is 2. The van der Waals surface area contributed by atoms with E-state index in [1.165, 1.54) is 12.1 Å². The van der Waals surface area contributed by atoms with Crippen molar-refractivity contribution in [1.29, 1.82) is 0 Å². The standard InChI is InChI=1S/C18H15FO6/c19-15-9-14(24-10-16(20)21)8-13(18(15)25-11-17(22)23)7-6-12-4-2-1-3-5-12/h1-9H,10-11H2,(H,20,21)(H,22,23)/b7-6+. The molecule has 0 fully saturated rings. The molecule has 0 bridgehead atoms. The molecule has 2 aromatic carbocycles. The van der Waals surface area contributed by atoms with Crippen LogP contribution >= 0.6 is 0 Å². The molecule has 0 atom stereocenters. The van der Waals surface area contributed by atoms with Crippen LogP contribution in [0.3, 0.4) is 0 Å². The molecule has 130 valence electrons. The van der Waals surface area contributed by atoms with Crippen LogP contribution in [-0.4, -0.2) is 35.4 Å². The van der Waals surface area contributed by atoms with Crippen LogP contribution in [-0.2, 0) is 9.59 Å². The molecular formula is C18H15FO6. The number of halogens is 1. The first-order valence-electron chi connectivity index (χ1n) is 7.21. The van der Waals surface area contributed by atoms with Gasteiger partial charge in [-0.25, -0.2) is 14.0 Å². The lowest BCUT2D eigenvalue weighted by atomic mass is 10.1. The largest absolute Gasteiger partial charge is 0.482 e. The van der Waals surface area contributed by atoms with Gasteiger partial charge in [0.2, 0.25) is 0 Å². The molecule has 25 heavy (non-hydrogen) atoms. The van der Waals surface area contributed by atoms with Gasteiger partial charge in [0.05, 0.1) is 0 Å². The second-order valence-electron chi connectivity index (χ2n) is 4.93. The van der Waals surface area contributed by atoms with Gasteiger partial charge >= 0.3 is 11.9 Å². The molecular weight excluding hydrogens is 331 g/mol. The topological polar surface area (TPSA) is 93.1 Å². The van der Waals surface area contributed by atoms with Gasteiger partial charge in [-0.3, -0.25) is 0 Å². The third-order valence-corrected chi connectivity index (χ3v) is 3.00. The summed E-state index contributed by atoms with van der Waals surface area (Å²) in [6, 6.07) is 11.5. The van der Waals surface area contributed by atoms with Gasteiger partial charge in [-0.1, -0.05) is 42.5 Å². The van der Waals surface area contributed by atoms with Crippen molar-refractivity contribution in [3.63, 3.8) is 0 Å². The first kappa shape index (κ1) is 18.0. The Hall–Kier alpha value is -3.35. The molecule has 2 rings (SSSR count). The zero-order valence-electron chi connectivity index (χ0n) is 13.0. The summed E-state index contributed by atoms with van der Waals surface area (Å²) >= 11 is 0. The van der Waals surface area contributed by atoms with Crippen molar-refractivity contribution in [2.24, 2.45) is 0 Å². The number of carbonyl (C=O) groups is 2. The molecule has 0 radical (unpaired) electrons.